The smallest absolute Gasteiger partial charge is 0.408 e. The second kappa shape index (κ2) is 14.7. The molecule has 3 rings (SSSR count). The number of nitrogens with two attached hydrogens (primary N) is 2. The monoisotopic (exact) mass is 578 g/mol. The minimum Gasteiger partial charge on any atom is -0.445 e. The molecule has 0 radical (unpaired) electrons. The molecule has 0 saturated carbocycles. The molecule has 0 spiro atoms. The zero-order valence-electron chi connectivity index (χ0n) is 24.0. The maximum Gasteiger partial charge on any atom is 0.408 e. The van der Waals surface area contributed by atoms with Crippen molar-refractivity contribution in [2.75, 3.05) is 12.3 Å². The number of alkyl carbamates (subject to hydrolysis) is 1. The van der Waals surface area contributed by atoms with E-state index in [2.05, 4.69) is 16.0 Å². The summed E-state index contributed by atoms with van der Waals surface area (Å²) in [5.41, 5.74) is 12.0. The zero-order chi connectivity index (χ0) is 30.8. The number of hydrogen-bond acceptors (Lipinski definition) is 8. The van der Waals surface area contributed by atoms with E-state index in [1.165, 1.54) is 6.07 Å². The third-order valence-corrected chi connectivity index (χ3v) is 6.58. The highest BCUT2D eigenvalue weighted by molar-refractivity contribution is 6.05. The molecule has 0 aliphatic carbocycles. The molecule has 0 fully saturated rings. The van der Waals surface area contributed by atoms with Crippen LogP contribution < -0.4 is 33.0 Å². The lowest BCUT2D eigenvalue weighted by atomic mass is 9.95. The third-order valence-electron chi connectivity index (χ3n) is 6.58. The molecule has 2 unspecified atom stereocenters. The van der Waals surface area contributed by atoms with Crippen LogP contribution in [0, 0.1) is 18.3 Å². The van der Waals surface area contributed by atoms with Crippen molar-refractivity contribution in [2.45, 2.75) is 58.7 Å². The largest absolute Gasteiger partial charge is 0.445 e. The Balaban J connectivity index is 1.83. The molecule has 0 aliphatic heterocycles. The number of nitrogen functional groups attached to an aromatic ring is 1. The Bertz CT molecular complexity index is 1490. The van der Waals surface area contributed by atoms with E-state index in [1.807, 2.05) is 44.2 Å². The summed E-state index contributed by atoms with van der Waals surface area (Å²) in [6.45, 7) is 5.70. The van der Waals surface area contributed by atoms with Gasteiger partial charge in [-0.3, -0.25) is 15.0 Å². The molecule has 1 heterocycles. The second-order valence-electron chi connectivity index (χ2n) is 10.4. The van der Waals surface area contributed by atoms with E-state index in [1.54, 1.807) is 19.1 Å². The van der Waals surface area contributed by atoms with Crippen LogP contribution in [0.1, 0.15) is 54.6 Å². The Morgan fingerprint density at radius 2 is 1.76 bits per heavy atom. The first kappa shape index (κ1) is 31.7. The number of fused-ring (bicyclic) bond motifs is 1. The molecule has 42 heavy (non-hydrogen) atoms. The molecule has 3 aromatic rings. The number of aryl methyl sites for hydroxylation is 1. The second-order valence-corrected chi connectivity index (χ2v) is 10.4. The molecule has 12 nitrogen and oxygen atoms in total. The van der Waals surface area contributed by atoms with Crippen molar-refractivity contribution in [2.24, 2.45) is 11.7 Å². The van der Waals surface area contributed by atoms with Gasteiger partial charge in [0.1, 0.15) is 23.8 Å². The van der Waals surface area contributed by atoms with E-state index >= 15 is 0 Å². The van der Waals surface area contributed by atoms with Gasteiger partial charge in [0, 0.05) is 23.7 Å². The van der Waals surface area contributed by atoms with Crippen LogP contribution in [0.25, 0.3) is 11.0 Å². The Kier molecular flexibility index (Phi) is 11.1. The maximum absolute atomic E-state index is 13.8. The summed E-state index contributed by atoms with van der Waals surface area (Å²) in [6, 6.07) is 11.8. The number of amides is 2. The molecule has 0 aliphatic rings. The SMILES string of the molecule is Cc1c(C(=O)C(CCCNC(=N)N)NC(=O)C(CC(C)C)NC(=O)OCc2ccccc2)c(=O)oc2cc(N)ccc12. The summed E-state index contributed by atoms with van der Waals surface area (Å²) in [6.07, 6.45) is -0.0429. The summed E-state index contributed by atoms with van der Waals surface area (Å²) in [5.74, 6) is -1.45. The number of hydrogen-bond donors (Lipinski definition) is 6. The number of anilines is 1. The van der Waals surface area contributed by atoms with E-state index in [0.717, 1.165) is 5.56 Å². The quantitative estimate of drug-likeness (QED) is 0.0440. The summed E-state index contributed by atoms with van der Waals surface area (Å²) >= 11 is 0. The van der Waals surface area contributed by atoms with Gasteiger partial charge in [-0.25, -0.2) is 9.59 Å². The molecule has 2 atom stereocenters. The van der Waals surface area contributed by atoms with Crippen molar-refractivity contribution in [1.29, 1.82) is 5.41 Å². The standard InChI is InChI=1S/C30H38N6O6/c1-17(2)14-23(36-30(40)41-16-19-8-5-4-6-9-19)27(38)35-22(10-7-13-34-29(32)33)26(37)25-18(3)21-12-11-20(31)15-24(21)42-28(25)39/h4-6,8-9,11-12,15,17,22-23H,7,10,13-14,16,31H2,1-3H3,(H,35,38)(H,36,40)(H4,32,33,34). The molecular weight excluding hydrogens is 540 g/mol. The van der Waals surface area contributed by atoms with Crippen molar-refractivity contribution < 1.29 is 23.5 Å². The Hall–Kier alpha value is -4.87. The first-order chi connectivity index (χ1) is 20.0. The van der Waals surface area contributed by atoms with E-state index in [0.29, 0.717) is 23.1 Å². The predicted molar refractivity (Wildman–Crippen MR) is 160 cm³/mol. The topological polar surface area (TPSA) is 203 Å². The highest BCUT2D eigenvalue weighted by atomic mass is 16.5. The highest BCUT2D eigenvalue weighted by Crippen LogP contribution is 2.23. The average Bonchev–Trinajstić information content (AvgIpc) is 2.93. The number of nitrogens with one attached hydrogen (secondary N) is 4. The van der Waals surface area contributed by atoms with E-state index in [9.17, 15) is 19.2 Å². The van der Waals surface area contributed by atoms with Crippen LogP contribution in [0.15, 0.2) is 57.7 Å². The number of guanidine groups is 1. The van der Waals surface area contributed by atoms with E-state index in [-0.39, 0.29) is 49.0 Å². The van der Waals surface area contributed by atoms with Gasteiger partial charge >= 0.3 is 11.7 Å². The molecule has 2 amide bonds. The Morgan fingerprint density at radius 3 is 2.43 bits per heavy atom. The van der Waals surface area contributed by atoms with Crippen LogP contribution in [-0.2, 0) is 16.1 Å². The summed E-state index contributed by atoms with van der Waals surface area (Å²) in [5, 5.41) is 15.9. The van der Waals surface area contributed by atoms with Gasteiger partial charge in [0.15, 0.2) is 11.7 Å². The van der Waals surface area contributed by atoms with Crippen LogP contribution in [0.2, 0.25) is 0 Å². The normalized spacial score (nSPS) is 12.4. The first-order valence-electron chi connectivity index (χ1n) is 13.7. The number of Topliss-reactive ketones (excluding diaryl/α,β-unsaturated/α-hetero) is 1. The van der Waals surface area contributed by atoms with Gasteiger partial charge in [0.25, 0.3) is 0 Å². The number of carbonyl (C=O) groups excluding carboxylic acids is 3. The maximum atomic E-state index is 13.8. The van der Waals surface area contributed by atoms with Crippen LogP contribution in [-0.4, -0.2) is 42.4 Å². The molecule has 1 aromatic heterocycles. The van der Waals surface area contributed by atoms with Crippen molar-refractivity contribution in [3.05, 3.63) is 75.6 Å². The van der Waals surface area contributed by atoms with Gasteiger partial charge < -0.3 is 36.6 Å². The van der Waals surface area contributed by atoms with Crippen molar-refractivity contribution in [3.8, 4) is 0 Å². The van der Waals surface area contributed by atoms with Crippen LogP contribution >= 0.6 is 0 Å². The lowest BCUT2D eigenvalue weighted by Gasteiger charge is -2.24. The van der Waals surface area contributed by atoms with Crippen LogP contribution in [0.4, 0.5) is 10.5 Å². The zero-order valence-corrected chi connectivity index (χ0v) is 24.0. The van der Waals surface area contributed by atoms with E-state index in [4.69, 9.17) is 26.0 Å². The summed E-state index contributed by atoms with van der Waals surface area (Å²) in [4.78, 5) is 52.8. The molecule has 8 N–H and O–H groups in total. The summed E-state index contributed by atoms with van der Waals surface area (Å²) in [7, 11) is 0. The average molecular weight is 579 g/mol. The number of benzene rings is 2. The number of ketones is 1. The van der Waals surface area contributed by atoms with Gasteiger partial charge in [0.05, 0.1) is 6.04 Å². The van der Waals surface area contributed by atoms with Crippen LogP contribution in [0.5, 0.6) is 0 Å². The molecule has 0 bridgehead atoms. The fraction of sp³-hybridized carbons (Fsp3) is 0.367. The fourth-order valence-corrected chi connectivity index (χ4v) is 4.51. The van der Waals surface area contributed by atoms with Gasteiger partial charge in [0.2, 0.25) is 5.91 Å². The van der Waals surface area contributed by atoms with Crippen molar-refractivity contribution in [1.82, 2.24) is 16.0 Å². The lowest BCUT2D eigenvalue weighted by Crippen LogP contribution is -2.52. The van der Waals surface area contributed by atoms with Gasteiger partial charge in [-0.15, -0.1) is 0 Å². The van der Waals surface area contributed by atoms with E-state index < -0.39 is 35.5 Å². The number of ether oxygens (including phenoxy) is 1. The van der Waals surface area contributed by atoms with Crippen LogP contribution in [0.3, 0.4) is 0 Å². The highest BCUT2D eigenvalue weighted by Gasteiger charge is 2.31. The molecule has 224 valence electrons. The minimum absolute atomic E-state index is 0.0197. The number of rotatable bonds is 13. The first-order valence-corrected chi connectivity index (χ1v) is 13.7. The van der Waals surface area contributed by atoms with Gasteiger partial charge in [-0.2, -0.15) is 0 Å². The summed E-state index contributed by atoms with van der Waals surface area (Å²) < 4.78 is 10.7. The minimum atomic E-state index is -1.13. The molecule has 2 aromatic carbocycles. The van der Waals surface area contributed by atoms with Crippen molar-refractivity contribution in [3.63, 3.8) is 0 Å². The fourth-order valence-electron chi connectivity index (χ4n) is 4.51. The van der Waals surface area contributed by atoms with Gasteiger partial charge in [-0.05, 0) is 55.4 Å². The Labute approximate surface area is 243 Å². The molecule has 0 saturated heterocycles. The van der Waals surface area contributed by atoms with Gasteiger partial charge in [-0.1, -0.05) is 44.2 Å². The van der Waals surface area contributed by atoms with Crippen molar-refractivity contribution >= 4 is 40.4 Å². The number of carbonyl (C=O) groups is 3. The Morgan fingerprint density at radius 1 is 1.05 bits per heavy atom. The predicted octanol–water partition coefficient (Wildman–Crippen LogP) is 2.96. The third kappa shape index (κ3) is 8.82. The molecule has 12 heteroatoms. The lowest BCUT2D eigenvalue weighted by molar-refractivity contribution is -0.124. The molecular formula is C30H38N6O6.